The number of carbonyl (C=O) groups is 1. The van der Waals surface area contributed by atoms with Crippen molar-refractivity contribution in [1.82, 2.24) is 4.90 Å². The molecule has 0 spiro atoms. The van der Waals surface area contributed by atoms with Gasteiger partial charge in [0.05, 0.1) is 0 Å². The molecule has 94 valence electrons. The molecule has 1 amide bonds. The quantitative estimate of drug-likeness (QED) is 0.797. The van der Waals surface area contributed by atoms with Crippen LogP contribution in [0.2, 0.25) is 0 Å². The molecule has 0 aromatic rings. The Labute approximate surface area is 99.4 Å². The Balaban J connectivity index is 2.29. The summed E-state index contributed by atoms with van der Waals surface area (Å²) in [7, 11) is 0. The Morgan fingerprint density at radius 2 is 1.88 bits per heavy atom. The molecule has 3 nitrogen and oxygen atoms in total. The average Bonchev–Trinajstić information content (AvgIpc) is 2.16. The summed E-state index contributed by atoms with van der Waals surface area (Å²) in [5, 5.41) is 0. The lowest BCUT2D eigenvalue weighted by Crippen LogP contribution is -2.43. The van der Waals surface area contributed by atoms with Gasteiger partial charge in [0.1, 0.15) is 0 Å². The predicted octanol–water partition coefficient (Wildman–Crippen LogP) is 2.01. The Morgan fingerprint density at radius 1 is 1.31 bits per heavy atom. The Morgan fingerprint density at radius 3 is 2.38 bits per heavy atom. The first-order chi connectivity index (χ1) is 7.49. The van der Waals surface area contributed by atoms with Gasteiger partial charge in [-0.1, -0.05) is 20.8 Å². The molecule has 0 saturated carbocycles. The highest BCUT2D eigenvalue weighted by Crippen LogP contribution is 2.17. The first kappa shape index (κ1) is 13.5. The molecule has 2 N–H and O–H groups in total. The zero-order valence-electron chi connectivity index (χ0n) is 10.9. The van der Waals surface area contributed by atoms with Gasteiger partial charge in [0.15, 0.2) is 0 Å². The number of nitrogens with two attached hydrogens (primary N) is 1. The summed E-state index contributed by atoms with van der Waals surface area (Å²) in [6.45, 7) is 8.30. The number of likely N-dealkylation sites (tertiary alicyclic amines) is 1. The fourth-order valence-corrected chi connectivity index (χ4v) is 2.46. The highest BCUT2D eigenvalue weighted by atomic mass is 16.2. The maximum atomic E-state index is 12.0. The zero-order valence-corrected chi connectivity index (χ0v) is 10.9. The molecule has 0 bridgehead atoms. The topological polar surface area (TPSA) is 46.3 Å². The summed E-state index contributed by atoms with van der Waals surface area (Å²) < 4.78 is 0. The number of rotatable bonds is 4. The predicted molar refractivity (Wildman–Crippen MR) is 67.0 cm³/mol. The lowest BCUT2D eigenvalue weighted by molar-refractivity contribution is -0.133. The van der Waals surface area contributed by atoms with Gasteiger partial charge in [0.25, 0.3) is 0 Å². The Bertz CT molecular complexity index is 220. The van der Waals surface area contributed by atoms with Crippen LogP contribution in [-0.4, -0.2) is 29.9 Å². The van der Waals surface area contributed by atoms with Crippen LogP contribution in [-0.2, 0) is 4.79 Å². The van der Waals surface area contributed by atoms with Gasteiger partial charge < -0.3 is 10.6 Å². The van der Waals surface area contributed by atoms with Crippen molar-refractivity contribution < 1.29 is 4.79 Å². The van der Waals surface area contributed by atoms with Crippen molar-refractivity contribution in [2.45, 2.75) is 52.5 Å². The van der Waals surface area contributed by atoms with E-state index in [9.17, 15) is 4.79 Å². The molecule has 1 heterocycles. The normalized spacial score (nSPS) is 20.2. The van der Waals surface area contributed by atoms with Gasteiger partial charge in [0.2, 0.25) is 5.91 Å². The van der Waals surface area contributed by atoms with Crippen molar-refractivity contribution in [2.24, 2.45) is 17.6 Å². The number of carbonyl (C=O) groups excluding carboxylic acids is 1. The van der Waals surface area contributed by atoms with Crippen molar-refractivity contribution in [3.8, 4) is 0 Å². The highest BCUT2D eigenvalue weighted by Gasteiger charge is 2.21. The standard InChI is InChI=1S/C13H26N2O/c1-10(2)8-11(3)9-13(16)15-6-4-12(14)5-7-15/h10-12H,4-9,14H2,1-3H3. The van der Waals surface area contributed by atoms with Gasteiger partial charge in [-0.2, -0.15) is 0 Å². The van der Waals surface area contributed by atoms with Crippen LogP contribution in [0.15, 0.2) is 0 Å². The third-order valence-corrected chi connectivity index (χ3v) is 3.29. The molecule has 1 aliphatic heterocycles. The average molecular weight is 226 g/mol. The van der Waals surface area contributed by atoms with E-state index < -0.39 is 0 Å². The summed E-state index contributed by atoms with van der Waals surface area (Å²) in [5.41, 5.74) is 5.83. The molecule has 1 fully saturated rings. The smallest absolute Gasteiger partial charge is 0.222 e. The van der Waals surface area contributed by atoms with Crippen LogP contribution in [0.4, 0.5) is 0 Å². The number of hydrogen-bond acceptors (Lipinski definition) is 2. The van der Waals surface area contributed by atoms with Crippen molar-refractivity contribution in [3.05, 3.63) is 0 Å². The van der Waals surface area contributed by atoms with E-state index in [-0.39, 0.29) is 0 Å². The van der Waals surface area contributed by atoms with Gasteiger partial charge in [-0.3, -0.25) is 4.79 Å². The van der Waals surface area contributed by atoms with Gasteiger partial charge in [-0.05, 0) is 31.1 Å². The zero-order chi connectivity index (χ0) is 12.1. The number of hydrogen-bond donors (Lipinski definition) is 1. The van der Waals surface area contributed by atoms with Crippen LogP contribution >= 0.6 is 0 Å². The maximum absolute atomic E-state index is 12.0. The Kier molecular flexibility index (Phi) is 5.26. The van der Waals surface area contributed by atoms with E-state index in [0.29, 0.717) is 30.2 Å². The molecule has 1 atom stereocenters. The molecule has 16 heavy (non-hydrogen) atoms. The second kappa shape index (κ2) is 6.24. The summed E-state index contributed by atoms with van der Waals surface area (Å²) in [6.07, 6.45) is 3.76. The van der Waals surface area contributed by atoms with Crippen LogP contribution < -0.4 is 5.73 Å². The van der Waals surface area contributed by atoms with Gasteiger partial charge in [-0.15, -0.1) is 0 Å². The lowest BCUT2D eigenvalue weighted by atomic mass is 9.95. The van der Waals surface area contributed by atoms with Gasteiger partial charge in [0, 0.05) is 25.6 Å². The van der Waals surface area contributed by atoms with Crippen molar-refractivity contribution in [2.75, 3.05) is 13.1 Å². The second-order valence-electron chi connectivity index (χ2n) is 5.66. The van der Waals surface area contributed by atoms with E-state index >= 15 is 0 Å². The van der Waals surface area contributed by atoms with Gasteiger partial charge in [-0.25, -0.2) is 0 Å². The maximum Gasteiger partial charge on any atom is 0.222 e. The molecule has 1 unspecified atom stereocenters. The molecule has 1 rings (SSSR count). The molecule has 1 aliphatic rings. The monoisotopic (exact) mass is 226 g/mol. The SMILES string of the molecule is CC(C)CC(C)CC(=O)N1CCC(N)CC1. The third-order valence-electron chi connectivity index (χ3n) is 3.29. The number of nitrogens with zero attached hydrogens (tertiary/aromatic N) is 1. The first-order valence-corrected chi connectivity index (χ1v) is 6.52. The summed E-state index contributed by atoms with van der Waals surface area (Å²) >= 11 is 0. The van der Waals surface area contributed by atoms with Crippen LogP contribution in [0.3, 0.4) is 0 Å². The van der Waals surface area contributed by atoms with Crippen molar-refractivity contribution >= 4 is 5.91 Å². The van der Waals surface area contributed by atoms with Crippen LogP contribution in [0, 0.1) is 11.8 Å². The summed E-state index contributed by atoms with van der Waals surface area (Å²) in [4.78, 5) is 14.0. The van der Waals surface area contributed by atoms with Crippen LogP contribution in [0.25, 0.3) is 0 Å². The molecule has 3 heteroatoms. The minimum absolute atomic E-state index is 0.303. The van der Waals surface area contributed by atoms with E-state index in [0.717, 1.165) is 32.4 Å². The third kappa shape index (κ3) is 4.52. The van der Waals surface area contributed by atoms with Crippen molar-refractivity contribution in [1.29, 1.82) is 0 Å². The summed E-state index contributed by atoms with van der Waals surface area (Å²) in [5.74, 6) is 1.50. The molecule has 1 saturated heterocycles. The molecule has 0 radical (unpaired) electrons. The molecular formula is C13H26N2O. The highest BCUT2D eigenvalue weighted by molar-refractivity contribution is 5.76. The van der Waals surface area contributed by atoms with E-state index in [4.69, 9.17) is 5.73 Å². The van der Waals surface area contributed by atoms with Crippen LogP contribution in [0.1, 0.15) is 46.5 Å². The van der Waals surface area contributed by atoms with E-state index in [1.165, 1.54) is 0 Å². The fraction of sp³-hybridized carbons (Fsp3) is 0.923. The molecule has 0 aromatic carbocycles. The minimum Gasteiger partial charge on any atom is -0.343 e. The molecular weight excluding hydrogens is 200 g/mol. The minimum atomic E-state index is 0.303. The molecule has 0 aliphatic carbocycles. The number of piperidine rings is 1. The van der Waals surface area contributed by atoms with Crippen LogP contribution in [0.5, 0.6) is 0 Å². The largest absolute Gasteiger partial charge is 0.343 e. The van der Waals surface area contributed by atoms with E-state index in [1.807, 2.05) is 4.90 Å². The van der Waals surface area contributed by atoms with E-state index in [2.05, 4.69) is 20.8 Å². The Hall–Kier alpha value is -0.570. The van der Waals surface area contributed by atoms with Crippen molar-refractivity contribution in [3.63, 3.8) is 0 Å². The fourth-order valence-electron chi connectivity index (χ4n) is 2.46. The summed E-state index contributed by atoms with van der Waals surface area (Å²) in [6, 6.07) is 0.303. The van der Waals surface area contributed by atoms with Gasteiger partial charge >= 0.3 is 0 Å². The first-order valence-electron chi connectivity index (χ1n) is 6.52. The molecule has 0 aromatic heterocycles. The lowest BCUT2D eigenvalue weighted by Gasteiger charge is -2.31. The number of amides is 1. The second-order valence-corrected chi connectivity index (χ2v) is 5.66. The van der Waals surface area contributed by atoms with E-state index in [1.54, 1.807) is 0 Å².